The van der Waals surface area contributed by atoms with Crippen molar-refractivity contribution in [1.29, 1.82) is 0 Å². The quantitative estimate of drug-likeness (QED) is 0.829. The molecule has 1 N–H and O–H groups in total. The number of hydrogen-bond acceptors (Lipinski definition) is 3. The van der Waals surface area contributed by atoms with Gasteiger partial charge in [-0.1, -0.05) is 0 Å². The highest BCUT2D eigenvalue weighted by Crippen LogP contribution is 2.35. The van der Waals surface area contributed by atoms with Gasteiger partial charge in [-0.25, -0.2) is 0 Å². The molecule has 2 heterocycles. The minimum Gasteiger partial charge on any atom is -0.381 e. The second-order valence-electron chi connectivity index (χ2n) is 6.56. The summed E-state index contributed by atoms with van der Waals surface area (Å²) in [5.41, 5.74) is 0. The number of likely N-dealkylation sites (tertiary alicyclic amines) is 1. The van der Waals surface area contributed by atoms with Crippen molar-refractivity contribution in [3.63, 3.8) is 0 Å². The Balaban J connectivity index is 1.61. The Morgan fingerprint density at radius 3 is 2.79 bits per heavy atom. The van der Waals surface area contributed by atoms with Crippen LogP contribution in [0.3, 0.4) is 0 Å². The largest absolute Gasteiger partial charge is 0.381 e. The molecular formula is C15H26N2O2. The molecule has 0 bridgehead atoms. The maximum Gasteiger partial charge on any atom is 0.225 e. The van der Waals surface area contributed by atoms with Crippen molar-refractivity contribution in [3.05, 3.63) is 0 Å². The molecule has 108 valence electrons. The number of fused-ring (bicyclic) bond motifs is 1. The van der Waals surface area contributed by atoms with Gasteiger partial charge < -0.3 is 15.0 Å². The molecule has 0 spiro atoms. The summed E-state index contributed by atoms with van der Waals surface area (Å²) in [6.45, 7) is 4.69. The van der Waals surface area contributed by atoms with E-state index in [1.807, 2.05) is 11.9 Å². The number of nitrogens with one attached hydrogen (secondary N) is 1. The van der Waals surface area contributed by atoms with Crippen molar-refractivity contribution in [1.82, 2.24) is 10.2 Å². The molecule has 3 aliphatic rings. The first kappa shape index (κ1) is 13.4. The van der Waals surface area contributed by atoms with Crippen LogP contribution < -0.4 is 5.32 Å². The van der Waals surface area contributed by atoms with E-state index in [1.165, 1.54) is 12.8 Å². The van der Waals surface area contributed by atoms with Crippen molar-refractivity contribution in [2.45, 2.75) is 25.7 Å². The molecule has 4 heteroatoms. The first-order chi connectivity index (χ1) is 9.25. The van der Waals surface area contributed by atoms with Crippen molar-refractivity contribution in [2.75, 3.05) is 39.9 Å². The summed E-state index contributed by atoms with van der Waals surface area (Å²) in [5, 5.41) is 3.43. The highest BCUT2D eigenvalue weighted by atomic mass is 16.5. The first-order valence-electron chi connectivity index (χ1n) is 7.79. The van der Waals surface area contributed by atoms with Crippen LogP contribution in [0, 0.1) is 23.7 Å². The zero-order valence-electron chi connectivity index (χ0n) is 11.9. The molecule has 4 nitrogen and oxygen atoms in total. The van der Waals surface area contributed by atoms with E-state index >= 15 is 0 Å². The van der Waals surface area contributed by atoms with Gasteiger partial charge >= 0.3 is 0 Å². The van der Waals surface area contributed by atoms with Crippen molar-refractivity contribution in [3.8, 4) is 0 Å². The number of nitrogens with zero attached hydrogens (tertiary/aromatic N) is 1. The van der Waals surface area contributed by atoms with Crippen LogP contribution in [0.15, 0.2) is 0 Å². The SMILES string of the molecule is CN1C[C@H](COCC2CC2)[C@H]2CCNCC[C@H]2C1=O. The maximum absolute atomic E-state index is 12.3. The highest BCUT2D eigenvalue weighted by molar-refractivity contribution is 5.79. The average molecular weight is 266 g/mol. The summed E-state index contributed by atoms with van der Waals surface area (Å²) >= 11 is 0. The highest BCUT2D eigenvalue weighted by Gasteiger charge is 2.41. The van der Waals surface area contributed by atoms with Gasteiger partial charge in [0.25, 0.3) is 0 Å². The van der Waals surface area contributed by atoms with Crippen LogP contribution in [-0.4, -0.2) is 50.7 Å². The molecule has 19 heavy (non-hydrogen) atoms. The number of carbonyl (C=O) groups excluding carboxylic acids is 1. The van der Waals surface area contributed by atoms with E-state index in [9.17, 15) is 4.79 Å². The molecule has 0 unspecified atom stereocenters. The zero-order chi connectivity index (χ0) is 13.2. The predicted octanol–water partition coefficient (Wildman–Crippen LogP) is 1.12. The van der Waals surface area contributed by atoms with Crippen LogP contribution in [0.1, 0.15) is 25.7 Å². The third-order valence-corrected chi connectivity index (χ3v) is 4.99. The Hall–Kier alpha value is -0.610. The van der Waals surface area contributed by atoms with E-state index in [-0.39, 0.29) is 5.92 Å². The van der Waals surface area contributed by atoms with Crippen LogP contribution in [0.5, 0.6) is 0 Å². The zero-order valence-corrected chi connectivity index (χ0v) is 11.9. The van der Waals surface area contributed by atoms with Crippen molar-refractivity contribution in [2.24, 2.45) is 23.7 Å². The Labute approximate surface area is 115 Å². The van der Waals surface area contributed by atoms with Gasteiger partial charge in [0.1, 0.15) is 0 Å². The van der Waals surface area contributed by atoms with Gasteiger partial charge in [-0.3, -0.25) is 4.79 Å². The monoisotopic (exact) mass is 266 g/mol. The van der Waals surface area contributed by atoms with Gasteiger partial charge in [-0.2, -0.15) is 0 Å². The van der Waals surface area contributed by atoms with Crippen molar-refractivity contribution >= 4 is 5.91 Å². The lowest BCUT2D eigenvalue weighted by Crippen LogP contribution is -2.50. The summed E-state index contributed by atoms with van der Waals surface area (Å²) in [6.07, 6.45) is 4.81. The smallest absolute Gasteiger partial charge is 0.225 e. The number of ether oxygens (including phenoxy) is 1. The molecule has 3 atom stereocenters. The van der Waals surface area contributed by atoms with Gasteiger partial charge in [0.2, 0.25) is 5.91 Å². The molecule has 3 rings (SSSR count). The standard InChI is InChI=1S/C15H26N2O2/c1-17-8-12(10-19-9-11-2-3-11)13-4-6-16-7-5-14(13)15(17)18/h11-14,16H,2-10H2,1H3/t12-,13-,14-/m1/s1. The first-order valence-corrected chi connectivity index (χ1v) is 7.79. The molecule has 0 aromatic heterocycles. The van der Waals surface area contributed by atoms with E-state index in [0.717, 1.165) is 51.6 Å². The molecule has 0 aromatic rings. The molecule has 1 saturated carbocycles. The predicted molar refractivity (Wildman–Crippen MR) is 73.8 cm³/mol. The minimum atomic E-state index is 0.225. The Bertz CT molecular complexity index is 330. The fourth-order valence-electron chi connectivity index (χ4n) is 3.64. The maximum atomic E-state index is 12.3. The van der Waals surface area contributed by atoms with Gasteiger partial charge in [0.15, 0.2) is 0 Å². The third-order valence-electron chi connectivity index (χ3n) is 4.99. The second kappa shape index (κ2) is 5.80. The summed E-state index contributed by atoms with van der Waals surface area (Å²) < 4.78 is 5.91. The van der Waals surface area contributed by atoms with Gasteiger partial charge in [-0.15, -0.1) is 0 Å². The lowest BCUT2D eigenvalue weighted by Gasteiger charge is -2.41. The van der Waals surface area contributed by atoms with Crippen molar-refractivity contribution < 1.29 is 9.53 Å². The number of amides is 1. The average Bonchev–Trinajstić information content (AvgIpc) is 3.21. The van der Waals surface area contributed by atoms with Crippen LogP contribution in [0.25, 0.3) is 0 Å². The molecule has 2 saturated heterocycles. The topological polar surface area (TPSA) is 41.6 Å². The lowest BCUT2D eigenvalue weighted by atomic mass is 9.75. The molecule has 0 aromatic carbocycles. The van der Waals surface area contributed by atoms with Gasteiger partial charge in [-0.05, 0) is 50.6 Å². The molecule has 2 aliphatic heterocycles. The summed E-state index contributed by atoms with van der Waals surface area (Å²) in [7, 11) is 1.95. The Kier molecular flexibility index (Phi) is 4.08. The van der Waals surface area contributed by atoms with Crippen LogP contribution >= 0.6 is 0 Å². The minimum absolute atomic E-state index is 0.225. The number of hydrogen-bond donors (Lipinski definition) is 1. The van der Waals surface area contributed by atoms with Crippen LogP contribution in [0.4, 0.5) is 0 Å². The molecule has 0 radical (unpaired) electrons. The second-order valence-corrected chi connectivity index (χ2v) is 6.56. The number of rotatable bonds is 4. The Morgan fingerprint density at radius 2 is 2.00 bits per heavy atom. The summed E-state index contributed by atoms with van der Waals surface area (Å²) in [6, 6.07) is 0. The number of piperidine rings is 1. The summed E-state index contributed by atoms with van der Waals surface area (Å²) in [5.74, 6) is 2.47. The van der Waals surface area contributed by atoms with E-state index in [2.05, 4.69) is 5.32 Å². The number of carbonyl (C=O) groups is 1. The van der Waals surface area contributed by atoms with E-state index in [1.54, 1.807) is 0 Å². The lowest BCUT2D eigenvalue weighted by molar-refractivity contribution is -0.144. The normalized spacial score (nSPS) is 35.9. The molecular weight excluding hydrogens is 240 g/mol. The van der Waals surface area contributed by atoms with E-state index < -0.39 is 0 Å². The molecule has 1 amide bonds. The third kappa shape index (κ3) is 3.11. The fourth-order valence-corrected chi connectivity index (χ4v) is 3.64. The van der Waals surface area contributed by atoms with Gasteiger partial charge in [0, 0.05) is 32.0 Å². The summed E-state index contributed by atoms with van der Waals surface area (Å²) in [4.78, 5) is 14.2. The van der Waals surface area contributed by atoms with E-state index in [0.29, 0.717) is 17.7 Å². The van der Waals surface area contributed by atoms with Crippen LogP contribution in [-0.2, 0) is 9.53 Å². The molecule has 3 fully saturated rings. The van der Waals surface area contributed by atoms with Gasteiger partial charge in [0.05, 0.1) is 6.61 Å². The Morgan fingerprint density at radius 1 is 1.21 bits per heavy atom. The fraction of sp³-hybridized carbons (Fsp3) is 0.933. The van der Waals surface area contributed by atoms with E-state index in [4.69, 9.17) is 4.74 Å². The van der Waals surface area contributed by atoms with Crippen LogP contribution in [0.2, 0.25) is 0 Å². The molecule has 1 aliphatic carbocycles.